The van der Waals surface area contributed by atoms with Crippen molar-refractivity contribution < 1.29 is 19.5 Å². The maximum atomic E-state index is 12.5. The molecule has 5 nitrogen and oxygen atoms in total. The van der Waals surface area contributed by atoms with Gasteiger partial charge in [0.1, 0.15) is 6.54 Å². The third kappa shape index (κ3) is 3.64. The first-order valence-corrected chi connectivity index (χ1v) is 7.62. The molecule has 1 amide bonds. The van der Waals surface area contributed by atoms with E-state index in [0.29, 0.717) is 18.6 Å². The summed E-state index contributed by atoms with van der Waals surface area (Å²) in [5, 5.41) is 11.1. The number of carbonyl (C=O) groups excluding carboxylic acids is 2. The number of fused-ring (bicyclic) bond motifs is 1. The van der Waals surface area contributed by atoms with E-state index >= 15 is 0 Å². The molecule has 0 heterocycles. The van der Waals surface area contributed by atoms with E-state index in [9.17, 15) is 14.4 Å². The first kappa shape index (κ1) is 15.6. The lowest BCUT2D eigenvalue weighted by molar-refractivity contribution is -0.139. The average molecular weight is 307 g/mol. The lowest BCUT2D eigenvalue weighted by Gasteiger charge is -2.26. The van der Waals surface area contributed by atoms with Crippen LogP contribution in [-0.4, -0.2) is 34.4 Å². The third-order valence-corrected chi connectivity index (χ3v) is 4.71. The van der Waals surface area contributed by atoms with Gasteiger partial charge in [-0.2, -0.15) is 0 Å². The highest BCUT2D eigenvalue weighted by Crippen LogP contribution is 2.39. The zero-order valence-corrected chi connectivity index (χ0v) is 12.5. The number of carboxylic acid groups (broad SMARTS) is 1. The topological polar surface area (TPSA) is 83.5 Å². The number of amides is 1. The molecule has 0 fully saturated rings. The summed E-state index contributed by atoms with van der Waals surface area (Å²) in [5.74, 6) is -1.01. The van der Waals surface area contributed by atoms with Crippen LogP contribution in [0.1, 0.15) is 18.1 Å². The third-order valence-electron chi connectivity index (χ3n) is 3.61. The summed E-state index contributed by atoms with van der Waals surface area (Å²) < 4.78 is 0. The zero-order chi connectivity index (χ0) is 15.5. The summed E-state index contributed by atoms with van der Waals surface area (Å²) in [7, 11) is 0. The highest BCUT2D eigenvalue weighted by molar-refractivity contribution is 8.13. The first-order chi connectivity index (χ1) is 9.93. The molecular weight excluding hydrogens is 290 g/mol. The first-order valence-electron chi connectivity index (χ1n) is 6.63. The fourth-order valence-corrected chi connectivity index (χ4v) is 3.42. The quantitative estimate of drug-likeness (QED) is 0.855. The molecule has 21 heavy (non-hydrogen) atoms. The second-order valence-corrected chi connectivity index (χ2v) is 6.41. The Morgan fingerprint density at radius 3 is 2.29 bits per heavy atom. The minimum absolute atomic E-state index is 0.0450. The van der Waals surface area contributed by atoms with Gasteiger partial charge in [-0.05, 0) is 24.0 Å². The molecule has 0 radical (unpaired) electrons. The number of nitrogens with one attached hydrogen (secondary N) is 1. The van der Waals surface area contributed by atoms with Crippen LogP contribution in [0.5, 0.6) is 0 Å². The largest absolute Gasteiger partial charge is 0.480 e. The molecule has 1 aromatic carbocycles. The molecule has 0 atom stereocenters. The van der Waals surface area contributed by atoms with Crippen LogP contribution >= 0.6 is 11.8 Å². The lowest BCUT2D eigenvalue weighted by Crippen LogP contribution is -2.45. The van der Waals surface area contributed by atoms with Crippen LogP contribution in [0.2, 0.25) is 0 Å². The number of carbonyl (C=O) groups is 3. The number of thioether (sulfide) groups is 1. The molecule has 112 valence electrons. The van der Waals surface area contributed by atoms with Crippen molar-refractivity contribution in [2.24, 2.45) is 5.41 Å². The van der Waals surface area contributed by atoms with E-state index in [-0.39, 0.29) is 11.0 Å². The van der Waals surface area contributed by atoms with Gasteiger partial charge in [-0.25, -0.2) is 0 Å². The van der Waals surface area contributed by atoms with E-state index in [4.69, 9.17) is 5.11 Å². The van der Waals surface area contributed by atoms with Gasteiger partial charge in [-0.1, -0.05) is 36.0 Å². The van der Waals surface area contributed by atoms with Crippen molar-refractivity contribution in [2.45, 2.75) is 19.8 Å². The van der Waals surface area contributed by atoms with Crippen molar-refractivity contribution >= 4 is 28.8 Å². The fourth-order valence-electron chi connectivity index (χ4n) is 2.61. The normalized spacial score (nSPS) is 15.3. The Balaban J connectivity index is 2.19. The SMILES string of the molecule is CC(=O)SCC1(C(=O)NCC(=O)O)Cc2ccccc2C1. The molecule has 0 saturated heterocycles. The van der Waals surface area contributed by atoms with Gasteiger partial charge in [0, 0.05) is 12.7 Å². The maximum Gasteiger partial charge on any atom is 0.322 e. The number of aliphatic carboxylic acids is 1. The summed E-state index contributed by atoms with van der Waals surface area (Å²) in [6, 6.07) is 7.78. The molecule has 0 bridgehead atoms. The summed E-state index contributed by atoms with van der Waals surface area (Å²) >= 11 is 1.11. The van der Waals surface area contributed by atoms with Crippen LogP contribution in [0.3, 0.4) is 0 Å². The smallest absolute Gasteiger partial charge is 0.322 e. The van der Waals surface area contributed by atoms with Crippen molar-refractivity contribution in [2.75, 3.05) is 12.3 Å². The van der Waals surface area contributed by atoms with Gasteiger partial charge in [-0.3, -0.25) is 14.4 Å². The van der Waals surface area contributed by atoms with E-state index in [0.717, 1.165) is 22.9 Å². The van der Waals surface area contributed by atoms with Gasteiger partial charge >= 0.3 is 5.97 Å². The number of hydrogen-bond donors (Lipinski definition) is 2. The molecule has 0 spiro atoms. The number of rotatable bonds is 5. The van der Waals surface area contributed by atoms with E-state index in [2.05, 4.69) is 5.32 Å². The standard InChI is InChI=1S/C15H17NO4S/c1-10(17)21-9-15(14(20)16-8-13(18)19)6-11-4-2-3-5-12(11)7-15/h2-5H,6-9H2,1H3,(H,16,20)(H,18,19). The Kier molecular flexibility index (Phi) is 4.67. The second-order valence-electron chi connectivity index (χ2n) is 5.26. The molecule has 2 N–H and O–H groups in total. The predicted molar refractivity (Wildman–Crippen MR) is 80.1 cm³/mol. The Morgan fingerprint density at radius 2 is 1.81 bits per heavy atom. The van der Waals surface area contributed by atoms with Gasteiger partial charge in [0.05, 0.1) is 5.41 Å². The van der Waals surface area contributed by atoms with Crippen molar-refractivity contribution in [1.82, 2.24) is 5.32 Å². The summed E-state index contributed by atoms with van der Waals surface area (Å²) in [6.07, 6.45) is 1.07. The van der Waals surface area contributed by atoms with Crippen LogP contribution in [-0.2, 0) is 27.2 Å². The van der Waals surface area contributed by atoms with Crippen LogP contribution < -0.4 is 5.32 Å². The van der Waals surface area contributed by atoms with Crippen molar-refractivity contribution in [3.8, 4) is 0 Å². The summed E-state index contributed by atoms with van der Waals surface area (Å²) in [5.41, 5.74) is 1.44. The van der Waals surface area contributed by atoms with Crippen LogP contribution in [0.25, 0.3) is 0 Å². The van der Waals surface area contributed by atoms with Crippen LogP contribution in [0.15, 0.2) is 24.3 Å². The predicted octanol–water partition coefficient (Wildman–Crippen LogP) is 1.25. The lowest BCUT2D eigenvalue weighted by atomic mass is 9.86. The van der Waals surface area contributed by atoms with Gasteiger partial charge in [-0.15, -0.1) is 0 Å². The maximum absolute atomic E-state index is 12.5. The fraction of sp³-hybridized carbons (Fsp3) is 0.400. The summed E-state index contributed by atoms with van der Waals surface area (Å²) in [6.45, 7) is 1.07. The highest BCUT2D eigenvalue weighted by Gasteiger charge is 2.43. The second kappa shape index (κ2) is 6.30. The van der Waals surface area contributed by atoms with Gasteiger partial charge in [0.2, 0.25) is 5.91 Å². The molecule has 0 aliphatic heterocycles. The molecule has 1 aliphatic rings. The minimum Gasteiger partial charge on any atom is -0.480 e. The van der Waals surface area contributed by atoms with Crippen LogP contribution in [0.4, 0.5) is 0 Å². The van der Waals surface area contributed by atoms with Gasteiger partial charge in [0.15, 0.2) is 5.12 Å². The minimum atomic E-state index is -1.08. The van der Waals surface area contributed by atoms with Gasteiger partial charge in [0.25, 0.3) is 0 Å². The van der Waals surface area contributed by atoms with Crippen molar-refractivity contribution in [3.63, 3.8) is 0 Å². The Hall–Kier alpha value is -1.82. The van der Waals surface area contributed by atoms with Gasteiger partial charge < -0.3 is 10.4 Å². The monoisotopic (exact) mass is 307 g/mol. The molecule has 6 heteroatoms. The molecule has 0 saturated carbocycles. The number of carboxylic acids is 1. The molecule has 1 aromatic rings. The molecule has 2 rings (SSSR count). The zero-order valence-electron chi connectivity index (χ0n) is 11.7. The Labute approximate surface area is 127 Å². The average Bonchev–Trinajstić information content (AvgIpc) is 2.82. The van der Waals surface area contributed by atoms with E-state index < -0.39 is 17.9 Å². The van der Waals surface area contributed by atoms with Crippen molar-refractivity contribution in [1.29, 1.82) is 0 Å². The Bertz CT molecular complexity index is 560. The molecular formula is C15H17NO4S. The number of hydrogen-bond acceptors (Lipinski definition) is 4. The molecule has 0 aromatic heterocycles. The summed E-state index contributed by atoms with van der Waals surface area (Å²) in [4.78, 5) is 34.3. The van der Waals surface area contributed by atoms with E-state index in [1.165, 1.54) is 6.92 Å². The highest BCUT2D eigenvalue weighted by atomic mass is 32.2. The number of benzene rings is 1. The van der Waals surface area contributed by atoms with E-state index in [1.807, 2.05) is 24.3 Å². The molecule has 0 unspecified atom stereocenters. The van der Waals surface area contributed by atoms with Crippen LogP contribution in [0, 0.1) is 5.41 Å². The molecule has 1 aliphatic carbocycles. The van der Waals surface area contributed by atoms with E-state index in [1.54, 1.807) is 0 Å². The Morgan fingerprint density at radius 1 is 1.24 bits per heavy atom. The van der Waals surface area contributed by atoms with Crippen molar-refractivity contribution in [3.05, 3.63) is 35.4 Å².